The number of benzene rings is 1. The maximum absolute atomic E-state index is 13.0. The second-order valence-corrected chi connectivity index (χ2v) is 3.79. The van der Waals surface area contributed by atoms with Gasteiger partial charge < -0.3 is 10.1 Å². The second kappa shape index (κ2) is 5.83. The molecule has 15 heavy (non-hydrogen) atoms. The molecule has 0 spiro atoms. The van der Waals surface area contributed by atoms with Crippen LogP contribution < -0.4 is 5.32 Å². The maximum Gasteiger partial charge on any atom is 0.123 e. The zero-order valence-corrected chi connectivity index (χ0v) is 9.46. The van der Waals surface area contributed by atoms with Crippen molar-refractivity contribution in [2.24, 2.45) is 0 Å². The van der Waals surface area contributed by atoms with Crippen LogP contribution in [0, 0.1) is 5.82 Å². The van der Waals surface area contributed by atoms with Gasteiger partial charge >= 0.3 is 0 Å². The first-order chi connectivity index (χ1) is 7.13. The summed E-state index contributed by atoms with van der Waals surface area (Å²) >= 11 is 0. The monoisotopic (exact) mass is 211 g/mol. The van der Waals surface area contributed by atoms with Gasteiger partial charge in [-0.2, -0.15) is 0 Å². The highest BCUT2D eigenvalue weighted by Gasteiger charge is 2.13. The van der Waals surface area contributed by atoms with Crippen molar-refractivity contribution in [2.75, 3.05) is 13.6 Å². The molecule has 0 aliphatic carbocycles. The van der Waals surface area contributed by atoms with Gasteiger partial charge in [-0.3, -0.25) is 0 Å². The molecule has 1 aromatic rings. The molecule has 3 heteroatoms. The molecule has 1 aromatic carbocycles. The number of rotatable bonds is 5. The molecule has 1 rings (SSSR count). The van der Waals surface area contributed by atoms with Crippen LogP contribution in [0.3, 0.4) is 0 Å². The fourth-order valence-electron chi connectivity index (χ4n) is 1.47. The summed E-state index contributed by atoms with van der Waals surface area (Å²) < 4.78 is 18.7. The summed E-state index contributed by atoms with van der Waals surface area (Å²) in [4.78, 5) is 0. The Hall–Kier alpha value is -0.930. The van der Waals surface area contributed by atoms with Crippen LogP contribution in [0.5, 0.6) is 0 Å². The van der Waals surface area contributed by atoms with Gasteiger partial charge in [0, 0.05) is 6.54 Å². The van der Waals surface area contributed by atoms with Gasteiger partial charge in [0.25, 0.3) is 0 Å². The zero-order chi connectivity index (χ0) is 11.3. The minimum atomic E-state index is -0.221. The molecule has 0 aliphatic rings. The van der Waals surface area contributed by atoms with Gasteiger partial charge in [-0.15, -0.1) is 0 Å². The lowest BCUT2D eigenvalue weighted by Gasteiger charge is -2.20. The number of hydrogen-bond donors (Lipinski definition) is 1. The highest BCUT2D eigenvalue weighted by atomic mass is 19.1. The standard InChI is InChI=1S/C12H18FNO/c1-9(2)15-12(8-14-3)10-5-4-6-11(13)7-10/h4-7,9,12,14H,8H2,1-3H3/t12-/m0/s1. The Morgan fingerprint density at radius 1 is 1.40 bits per heavy atom. The van der Waals surface area contributed by atoms with Gasteiger partial charge in [0.15, 0.2) is 0 Å². The van der Waals surface area contributed by atoms with E-state index in [4.69, 9.17) is 4.74 Å². The van der Waals surface area contributed by atoms with Crippen molar-refractivity contribution in [1.29, 1.82) is 0 Å². The predicted octanol–water partition coefficient (Wildman–Crippen LogP) is 2.51. The Bertz CT molecular complexity index is 301. The summed E-state index contributed by atoms with van der Waals surface area (Å²) in [6, 6.07) is 6.55. The fourth-order valence-corrected chi connectivity index (χ4v) is 1.47. The number of nitrogens with one attached hydrogen (secondary N) is 1. The van der Waals surface area contributed by atoms with Gasteiger partial charge in [-0.25, -0.2) is 4.39 Å². The summed E-state index contributed by atoms with van der Waals surface area (Å²) in [5, 5.41) is 3.04. The third kappa shape index (κ3) is 3.98. The van der Waals surface area contributed by atoms with Crippen molar-refractivity contribution >= 4 is 0 Å². The third-order valence-corrected chi connectivity index (χ3v) is 2.05. The van der Waals surface area contributed by atoms with E-state index in [9.17, 15) is 4.39 Å². The normalized spacial score (nSPS) is 13.1. The van der Waals surface area contributed by atoms with Crippen molar-refractivity contribution in [3.8, 4) is 0 Å². The van der Waals surface area contributed by atoms with E-state index in [2.05, 4.69) is 5.32 Å². The summed E-state index contributed by atoms with van der Waals surface area (Å²) in [6.07, 6.45) is 0.0392. The summed E-state index contributed by atoms with van der Waals surface area (Å²) in [6.45, 7) is 4.63. The fraction of sp³-hybridized carbons (Fsp3) is 0.500. The van der Waals surface area contributed by atoms with Crippen LogP contribution >= 0.6 is 0 Å². The van der Waals surface area contributed by atoms with E-state index in [0.29, 0.717) is 6.54 Å². The largest absolute Gasteiger partial charge is 0.370 e. The van der Waals surface area contributed by atoms with Crippen molar-refractivity contribution in [1.82, 2.24) is 5.32 Å². The van der Waals surface area contributed by atoms with E-state index in [1.54, 1.807) is 6.07 Å². The van der Waals surface area contributed by atoms with E-state index in [1.165, 1.54) is 12.1 Å². The molecule has 0 fully saturated rings. The van der Waals surface area contributed by atoms with Crippen LogP contribution in [-0.4, -0.2) is 19.7 Å². The molecule has 0 radical (unpaired) electrons. The Labute approximate surface area is 90.4 Å². The zero-order valence-electron chi connectivity index (χ0n) is 9.46. The van der Waals surface area contributed by atoms with Crippen molar-refractivity contribution < 1.29 is 9.13 Å². The summed E-state index contributed by atoms with van der Waals surface area (Å²) in [5.41, 5.74) is 0.873. The number of hydrogen-bond acceptors (Lipinski definition) is 2. The molecule has 1 N–H and O–H groups in total. The molecule has 1 atom stereocenters. The van der Waals surface area contributed by atoms with Gasteiger partial charge in [-0.1, -0.05) is 12.1 Å². The van der Waals surface area contributed by atoms with E-state index in [-0.39, 0.29) is 18.0 Å². The van der Waals surface area contributed by atoms with Crippen LogP contribution in [-0.2, 0) is 4.74 Å². The molecule has 2 nitrogen and oxygen atoms in total. The molecule has 0 amide bonds. The lowest BCUT2D eigenvalue weighted by Crippen LogP contribution is -2.22. The van der Waals surface area contributed by atoms with Crippen LogP contribution in [0.4, 0.5) is 4.39 Å². The predicted molar refractivity (Wildman–Crippen MR) is 59.3 cm³/mol. The number of halogens is 1. The smallest absolute Gasteiger partial charge is 0.123 e. The molecule has 0 bridgehead atoms. The van der Waals surface area contributed by atoms with Gasteiger partial charge in [-0.05, 0) is 38.6 Å². The Balaban J connectivity index is 2.78. The Kier molecular flexibility index (Phi) is 4.72. The maximum atomic E-state index is 13.0. The number of likely N-dealkylation sites (N-methyl/N-ethyl adjacent to an activating group) is 1. The van der Waals surface area contributed by atoms with E-state index >= 15 is 0 Å². The topological polar surface area (TPSA) is 21.3 Å². The lowest BCUT2D eigenvalue weighted by molar-refractivity contribution is 0.00798. The van der Waals surface area contributed by atoms with Crippen molar-refractivity contribution in [2.45, 2.75) is 26.1 Å². The molecule has 0 aliphatic heterocycles. The average Bonchev–Trinajstić information content (AvgIpc) is 2.16. The second-order valence-electron chi connectivity index (χ2n) is 3.79. The highest BCUT2D eigenvalue weighted by Crippen LogP contribution is 2.19. The Morgan fingerprint density at radius 3 is 2.67 bits per heavy atom. The third-order valence-electron chi connectivity index (χ3n) is 2.05. The highest BCUT2D eigenvalue weighted by molar-refractivity contribution is 5.19. The number of ether oxygens (including phenoxy) is 1. The van der Waals surface area contributed by atoms with Gasteiger partial charge in [0.2, 0.25) is 0 Å². The molecule has 0 aromatic heterocycles. The van der Waals surface area contributed by atoms with Gasteiger partial charge in [0.05, 0.1) is 12.2 Å². The van der Waals surface area contributed by atoms with E-state index in [0.717, 1.165) is 5.56 Å². The molecular weight excluding hydrogens is 193 g/mol. The quantitative estimate of drug-likeness (QED) is 0.808. The molecule has 0 saturated heterocycles. The van der Waals surface area contributed by atoms with Crippen molar-refractivity contribution in [3.63, 3.8) is 0 Å². The minimum absolute atomic E-state index is 0.0919. The average molecular weight is 211 g/mol. The van der Waals surface area contributed by atoms with Crippen LogP contribution in [0.1, 0.15) is 25.5 Å². The SMILES string of the molecule is CNC[C@H](OC(C)C)c1cccc(F)c1. The van der Waals surface area contributed by atoms with Crippen LogP contribution in [0.15, 0.2) is 24.3 Å². The van der Waals surface area contributed by atoms with E-state index in [1.807, 2.05) is 27.0 Å². The van der Waals surface area contributed by atoms with Crippen molar-refractivity contribution in [3.05, 3.63) is 35.6 Å². The first-order valence-corrected chi connectivity index (χ1v) is 5.19. The first kappa shape index (κ1) is 12.1. The summed E-state index contributed by atoms with van der Waals surface area (Å²) in [7, 11) is 1.86. The molecule has 0 unspecified atom stereocenters. The minimum Gasteiger partial charge on any atom is -0.370 e. The van der Waals surface area contributed by atoms with Crippen LogP contribution in [0.2, 0.25) is 0 Å². The van der Waals surface area contributed by atoms with Crippen LogP contribution in [0.25, 0.3) is 0 Å². The van der Waals surface area contributed by atoms with E-state index < -0.39 is 0 Å². The van der Waals surface area contributed by atoms with Gasteiger partial charge in [0.1, 0.15) is 5.82 Å². The lowest BCUT2D eigenvalue weighted by atomic mass is 10.1. The Morgan fingerprint density at radius 2 is 2.13 bits per heavy atom. The summed E-state index contributed by atoms with van der Waals surface area (Å²) in [5.74, 6) is -0.221. The molecule has 0 saturated carbocycles. The first-order valence-electron chi connectivity index (χ1n) is 5.19. The molecule has 84 valence electrons. The molecular formula is C12H18FNO. The molecule has 0 heterocycles.